The van der Waals surface area contributed by atoms with Crippen LogP contribution in [0.25, 0.3) is 0 Å². The SMILES string of the molecule is CNc1c(F)cccc1C(=O)NCC1C(C)(C)C1(C)C. The summed E-state index contributed by atoms with van der Waals surface area (Å²) in [5.74, 6) is -0.190. The van der Waals surface area contributed by atoms with E-state index >= 15 is 0 Å². The number of amides is 1. The Hall–Kier alpha value is -1.58. The number of carbonyl (C=O) groups is 1. The van der Waals surface area contributed by atoms with Crippen molar-refractivity contribution in [3.05, 3.63) is 29.6 Å². The minimum atomic E-state index is -0.410. The first-order valence-corrected chi connectivity index (χ1v) is 6.98. The van der Waals surface area contributed by atoms with E-state index in [1.54, 1.807) is 19.2 Å². The van der Waals surface area contributed by atoms with Crippen molar-refractivity contribution in [1.82, 2.24) is 5.32 Å². The van der Waals surface area contributed by atoms with Crippen molar-refractivity contribution >= 4 is 11.6 Å². The first kappa shape index (κ1) is 14.8. The zero-order chi connectivity index (χ0) is 15.1. The highest BCUT2D eigenvalue weighted by Gasteiger charge is 2.64. The average molecular weight is 278 g/mol. The van der Waals surface area contributed by atoms with Gasteiger partial charge in [-0.05, 0) is 28.9 Å². The quantitative estimate of drug-likeness (QED) is 0.887. The van der Waals surface area contributed by atoms with Crippen molar-refractivity contribution < 1.29 is 9.18 Å². The number of halogens is 1. The molecule has 2 N–H and O–H groups in total. The molecule has 0 radical (unpaired) electrons. The van der Waals surface area contributed by atoms with Crippen LogP contribution >= 0.6 is 0 Å². The summed E-state index contributed by atoms with van der Waals surface area (Å²) in [6, 6.07) is 4.53. The van der Waals surface area contributed by atoms with E-state index in [9.17, 15) is 9.18 Å². The molecule has 0 saturated heterocycles. The smallest absolute Gasteiger partial charge is 0.253 e. The van der Waals surface area contributed by atoms with Crippen LogP contribution in [-0.4, -0.2) is 19.5 Å². The van der Waals surface area contributed by atoms with Gasteiger partial charge in [0.15, 0.2) is 0 Å². The van der Waals surface area contributed by atoms with Gasteiger partial charge in [-0.15, -0.1) is 0 Å². The molecule has 2 rings (SSSR count). The lowest BCUT2D eigenvalue weighted by molar-refractivity contribution is 0.0950. The van der Waals surface area contributed by atoms with Crippen LogP contribution < -0.4 is 10.6 Å². The van der Waals surface area contributed by atoms with Crippen molar-refractivity contribution in [3.63, 3.8) is 0 Å². The molecule has 3 nitrogen and oxygen atoms in total. The maximum atomic E-state index is 13.6. The average Bonchev–Trinajstić information content (AvgIpc) is 2.76. The van der Waals surface area contributed by atoms with Crippen LogP contribution in [0, 0.1) is 22.6 Å². The van der Waals surface area contributed by atoms with Gasteiger partial charge in [0.25, 0.3) is 5.91 Å². The van der Waals surface area contributed by atoms with Gasteiger partial charge in [0, 0.05) is 13.6 Å². The van der Waals surface area contributed by atoms with Crippen molar-refractivity contribution in [1.29, 1.82) is 0 Å². The number of benzene rings is 1. The number of rotatable bonds is 4. The van der Waals surface area contributed by atoms with Gasteiger partial charge in [-0.2, -0.15) is 0 Å². The molecule has 0 bridgehead atoms. The van der Waals surface area contributed by atoms with E-state index in [-0.39, 0.29) is 22.4 Å². The van der Waals surface area contributed by atoms with Gasteiger partial charge in [0.2, 0.25) is 0 Å². The molecule has 0 heterocycles. The molecule has 0 atom stereocenters. The van der Waals surface area contributed by atoms with E-state index in [4.69, 9.17) is 0 Å². The van der Waals surface area contributed by atoms with Crippen LogP contribution in [0.15, 0.2) is 18.2 Å². The van der Waals surface area contributed by atoms with Crippen molar-refractivity contribution in [3.8, 4) is 0 Å². The van der Waals surface area contributed by atoms with E-state index in [1.165, 1.54) is 6.07 Å². The first-order chi connectivity index (χ1) is 9.23. The summed E-state index contributed by atoms with van der Waals surface area (Å²) >= 11 is 0. The molecule has 1 aromatic carbocycles. The van der Waals surface area contributed by atoms with Gasteiger partial charge < -0.3 is 10.6 Å². The standard InChI is InChI=1S/C16H23FN2O/c1-15(2)12(16(15,3)4)9-19-14(20)10-7-6-8-11(17)13(10)18-5/h6-8,12,18H,9H2,1-5H3,(H,19,20). The fourth-order valence-corrected chi connectivity index (χ4v) is 3.10. The second kappa shape index (κ2) is 4.76. The van der Waals surface area contributed by atoms with Gasteiger partial charge in [-0.1, -0.05) is 33.8 Å². The van der Waals surface area contributed by atoms with Crippen LogP contribution in [0.3, 0.4) is 0 Å². The molecule has 0 unspecified atom stereocenters. The lowest BCUT2D eigenvalue weighted by atomic mass is 10.0. The highest BCUT2D eigenvalue weighted by atomic mass is 19.1. The molecule has 1 aliphatic rings. The van der Waals surface area contributed by atoms with Crippen molar-refractivity contribution in [2.24, 2.45) is 16.7 Å². The molecule has 20 heavy (non-hydrogen) atoms. The van der Waals surface area contributed by atoms with Crippen molar-refractivity contribution in [2.45, 2.75) is 27.7 Å². The Bertz CT molecular complexity index is 523. The summed E-state index contributed by atoms with van der Waals surface area (Å²) in [5.41, 5.74) is 1.06. The summed E-state index contributed by atoms with van der Waals surface area (Å²) < 4.78 is 13.6. The summed E-state index contributed by atoms with van der Waals surface area (Å²) in [6.45, 7) is 9.48. The predicted molar refractivity (Wildman–Crippen MR) is 79.3 cm³/mol. The Balaban J connectivity index is 2.06. The fourth-order valence-electron chi connectivity index (χ4n) is 3.10. The van der Waals surface area contributed by atoms with E-state index in [0.29, 0.717) is 18.0 Å². The van der Waals surface area contributed by atoms with E-state index in [0.717, 1.165) is 0 Å². The van der Waals surface area contributed by atoms with Gasteiger partial charge in [-0.25, -0.2) is 4.39 Å². The topological polar surface area (TPSA) is 41.1 Å². The largest absolute Gasteiger partial charge is 0.385 e. The number of hydrogen-bond acceptors (Lipinski definition) is 2. The Morgan fingerprint density at radius 2 is 1.85 bits per heavy atom. The Labute approximate surface area is 120 Å². The Morgan fingerprint density at radius 1 is 1.25 bits per heavy atom. The summed E-state index contributed by atoms with van der Waals surface area (Å²) in [6.07, 6.45) is 0. The molecule has 1 aliphatic carbocycles. The number of nitrogens with one attached hydrogen (secondary N) is 2. The molecule has 1 fully saturated rings. The van der Waals surface area contributed by atoms with Gasteiger partial charge in [-0.3, -0.25) is 4.79 Å². The summed E-state index contributed by atoms with van der Waals surface area (Å²) in [4.78, 5) is 12.2. The molecule has 0 spiro atoms. The molecule has 110 valence electrons. The van der Waals surface area contributed by atoms with Crippen molar-refractivity contribution in [2.75, 3.05) is 18.9 Å². The highest BCUT2D eigenvalue weighted by molar-refractivity contribution is 5.99. The van der Waals surface area contributed by atoms with E-state index in [1.807, 2.05) is 0 Å². The predicted octanol–water partition coefficient (Wildman–Crippen LogP) is 3.28. The first-order valence-electron chi connectivity index (χ1n) is 6.98. The second-order valence-corrected chi connectivity index (χ2v) is 6.62. The van der Waals surface area contributed by atoms with Crippen LogP contribution in [0.1, 0.15) is 38.1 Å². The fraction of sp³-hybridized carbons (Fsp3) is 0.562. The number of carbonyl (C=O) groups excluding carboxylic acids is 1. The lowest BCUT2D eigenvalue weighted by Crippen LogP contribution is -2.28. The minimum Gasteiger partial charge on any atom is -0.385 e. The highest BCUT2D eigenvalue weighted by Crippen LogP contribution is 2.67. The third-order valence-corrected chi connectivity index (χ3v) is 5.29. The zero-order valence-corrected chi connectivity index (χ0v) is 12.8. The van der Waals surface area contributed by atoms with Crippen LogP contribution in [0.5, 0.6) is 0 Å². The lowest BCUT2D eigenvalue weighted by Gasteiger charge is -2.11. The number of hydrogen-bond donors (Lipinski definition) is 2. The maximum Gasteiger partial charge on any atom is 0.253 e. The Morgan fingerprint density at radius 3 is 2.35 bits per heavy atom. The number of anilines is 1. The van der Waals surface area contributed by atoms with E-state index < -0.39 is 5.82 Å². The van der Waals surface area contributed by atoms with Crippen LogP contribution in [-0.2, 0) is 0 Å². The zero-order valence-electron chi connectivity index (χ0n) is 12.8. The molecule has 0 aliphatic heterocycles. The second-order valence-electron chi connectivity index (χ2n) is 6.62. The van der Waals surface area contributed by atoms with Gasteiger partial charge >= 0.3 is 0 Å². The molecule has 1 saturated carbocycles. The normalized spacial score (nSPS) is 19.5. The third kappa shape index (κ3) is 2.17. The van der Waals surface area contributed by atoms with Crippen LogP contribution in [0.4, 0.5) is 10.1 Å². The van der Waals surface area contributed by atoms with Crippen LogP contribution in [0.2, 0.25) is 0 Å². The summed E-state index contributed by atoms with van der Waals surface area (Å²) in [5, 5.41) is 5.67. The molecular weight excluding hydrogens is 255 g/mol. The van der Waals surface area contributed by atoms with E-state index in [2.05, 4.69) is 38.3 Å². The summed E-state index contributed by atoms with van der Waals surface area (Å²) in [7, 11) is 1.61. The third-order valence-electron chi connectivity index (χ3n) is 5.29. The molecular formula is C16H23FN2O. The molecule has 4 heteroatoms. The minimum absolute atomic E-state index is 0.229. The molecule has 1 aromatic rings. The monoisotopic (exact) mass is 278 g/mol. The maximum absolute atomic E-state index is 13.6. The number of para-hydroxylation sites is 1. The van der Waals surface area contributed by atoms with Gasteiger partial charge in [0.1, 0.15) is 5.82 Å². The molecule has 0 aromatic heterocycles. The molecule has 1 amide bonds. The van der Waals surface area contributed by atoms with Gasteiger partial charge in [0.05, 0.1) is 11.3 Å². The Kier molecular flexibility index (Phi) is 3.53.